The number of hydrogen-bond acceptors (Lipinski definition) is 7. The zero-order valence-corrected chi connectivity index (χ0v) is 15.5. The molecule has 0 aliphatic carbocycles. The van der Waals surface area contributed by atoms with Crippen LogP contribution >= 0.6 is 0 Å². The van der Waals surface area contributed by atoms with Crippen molar-refractivity contribution in [1.82, 2.24) is 5.01 Å². The van der Waals surface area contributed by atoms with E-state index in [1.54, 1.807) is 25.8 Å². The van der Waals surface area contributed by atoms with Gasteiger partial charge in [0.15, 0.2) is 0 Å². The average molecular weight is 345 g/mol. The summed E-state index contributed by atoms with van der Waals surface area (Å²) in [6.45, 7) is 12.1. The number of hydrogen-bond donors (Lipinski definition) is 2. The minimum absolute atomic E-state index is 0.313. The van der Waals surface area contributed by atoms with E-state index in [4.69, 9.17) is 16.3 Å². The number of hydrazine groups is 1. The number of rotatable bonds is 3. The number of nitrogens with two attached hydrogens (primary N) is 2. The molecule has 0 bridgehead atoms. The number of primary amides is 1. The van der Waals surface area contributed by atoms with Gasteiger partial charge in [-0.05, 0) is 54.4 Å². The van der Waals surface area contributed by atoms with Crippen molar-refractivity contribution in [2.75, 3.05) is 13.1 Å². The van der Waals surface area contributed by atoms with Gasteiger partial charge in [0.2, 0.25) is 5.91 Å². The second-order valence-electron chi connectivity index (χ2n) is 7.81. The summed E-state index contributed by atoms with van der Waals surface area (Å²) in [5.41, 5.74) is 3.21. The van der Waals surface area contributed by atoms with Gasteiger partial charge in [0.1, 0.15) is 16.6 Å². The summed E-state index contributed by atoms with van der Waals surface area (Å²) < 4.78 is 9.83. The van der Waals surface area contributed by atoms with Crippen molar-refractivity contribution < 1.29 is 23.9 Å². The number of amides is 1. The van der Waals surface area contributed by atoms with Crippen molar-refractivity contribution in [2.24, 2.45) is 17.0 Å². The summed E-state index contributed by atoms with van der Waals surface area (Å²) in [6, 6.07) is 0. The topological polar surface area (TPSA) is 125 Å². The lowest BCUT2D eigenvalue weighted by Crippen LogP contribution is -2.54. The molecule has 0 aromatic carbocycles. The number of ether oxygens (including phenoxy) is 2. The molecule has 1 aliphatic heterocycles. The Morgan fingerprint density at radius 1 is 1.04 bits per heavy atom. The third-order valence-electron chi connectivity index (χ3n) is 3.31. The van der Waals surface area contributed by atoms with Crippen LogP contribution in [0.5, 0.6) is 0 Å². The highest BCUT2D eigenvalue weighted by Crippen LogP contribution is 2.33. The molecule has 4 N–H and O–H groups in total. The van der Waals surface area contributed by atoms with Crippen LogP contribution in [-0.2, 0) is 23.9 Å². The standard InChI is InChI=1S/C11H21N3O3.C5H10O2/c1-10(2,3)17-9(16)11(8(12)15)4-6-14(13)7-5-11;1-5(2,3)7-4-6/h4-7,13H2,1-3H3,(H2,12,15);4H,1-3H3. The zero-order chi connectivity index (χ0) is 19.2. The van der Waals surface area contributed by atoms with Crippen LogP contribution in [0.15, 0.2) is 0 Å². The van der Waals surface area contributed by atoms with Gasteiger partial charge >= 0.3 is 5.97 Å². The summed E-state index contributed by atoms with van der Waals surface area (Å²) in [5.74, 6) is 4.45. The molecule has 1 saturated heterocycles. The Kier molecular flexibility index (Phi) is 7.85. The molecule has 0 aromatic heterocycles. The van der Waals surface area contributed by atoms with Crippen LogP contribution in [-0.4, -0.2) is 47.6 Å². The van der Waals surface area contributed by atoms with E-state index in [-0.39, 0.29) is 5.60 Å². The molecule has 1 rings (SSSR count). The average Bonchev–Trinajstić information content (AvgIpc) is 2.36. The third kappa shape index (κ3) is 7.74. The minimum atomic E-state index is -1.22. The maximum Gasteiger partial charge on any atom is 0.322 e. The first-order chi connectivity index (χ1) is 10.7. The SMILES string of the molecule is CC(C)(C)OC(=O)C1(C(N)=O)CCN(N)CC1.CC(C)(C)OC=O. The predicted molar refractivity (Wildman–Crippen MR) is 89.4 cm³/mol. The molecular weight excluding hydrogens is 314 g/mol. The van der Waals surface area contributed by atoms with E-state index >= 15 is 0 Å². The first kappa shape index (κ1) is 22.3. The summed E-state index contributed by atoms with van der Waals surface area (Å²) >= 11 is 0. The Hall–Kier alpha value is -1.67. The quantitative estimate of drug-likeness (QED) is 0.334. The second-order valence-corrected chi connectivity index (χ2v) is 7.81. The largest absolute Gasteiger partial charge is 0.462 e. The molecule has 0 spiro atoms. The van der Waals surface area contributed by atoms with E-state index in [9.17, 15) is 14.4 Å². The lowest BCUT2D eigenvalue weighted by molar-refractivity contribution is -0.173. The van der Waals surface area contributed by atoms with Crippen molar-refractivity contribution in [2.45, 2.75) is 65.6 Å². The van der Waals surface area contributed by atoms with Crippen molar-refractivity contribution in [3.05, 3.63) is 0 Å². The molecule has 24 heavy (non-hydrogen) atoms. The molecule has 140 valence electrons. The van der Waals surface area contributed by atoms with E-state index < -0.39 is 22.9 Å². The van der Waals surface area contributed by atoms with Gasteiger partial charge in [0, 0.05) is 13.1 Å². The molecule has 8 nitrogen and oxygen atoms in total. The third-order valence-corrected chi connectivity index (χ3v) is 3.31. The molecular formula is C16H31N3O5. The van der Waals surface area contributed by atoms with Crippen molar-refractivity contribution in [3.8, 4) is 0 Å². The molecule has 0 unspecified atom stereocenters. The molecule has 0 radical (unpaired) electrons. The molecule has 1 heterocycles. The van der Waals surface area contributed by atoms with Crippen LogP contribution in [0.4, 0.5) is 0 Å². The number of nitrogens with zero attached hydrogens (tertiary/aromatic N) is 1. The van der Waals surface area contributed by atoms with Crippen molar-refractivity contribution in [1.29, 1.82) is 0 Å². The molecule has 0 atom stereocenters. The van der Waals surface area contributed by atoms with Crippen LogP contribution in [0.1, 0.15) is 54.4 Å². The van der Waals surface area contributed by atoms with E-state index in [2.05, 4.69) is 4.74 Å². The minimum Gasteiger partial charge on any atom is -0.462 e. The summed E-state index contributed by atoms with van der Waals surface area (Å²) in [6.07, 6.45) is 0.626. The summed E-state index contributed by atoms with van der Waals surface area (Å²) in [4.78, 5) is 33.3. The molecule has 0 aromatic rings. The highest BCUT2D eigenvalue weighted by atomic mass is 16.6. The van der Waals surface area contributed by atoms with Crippen molar-refractivity contribution >= 4 is 18.3 Å². The monoisotopic (exact) mass is 345 g/mol. The number of carbonyl (C=O) groups is 3. The normalized spacial score (nSPS) is 18.0. The summed E-state index contributed by atoms with van der Waals surface area (Å²) in [7, 11) is 0. The molecule has 1 fully saturated rings. The van der Waals surface area contributed by atoms with Crippen LogP contribution < -0.4 is 11.6 Å². The lowest BCUT2D eigenvalue weighted by atomic mass is 9.78. The van der Waals surface area contributed by atoms with Gasteiger partial charge in [-0.25, -0.2) is 5.01 Å². The highest BCUT2D eigenvalue weighted by Gasteiger charge is 2.48. The van der Waals surface area contributed by atoms with Crippen LogP contribution in [0.25, 0.3) is 0 Å². The fourth-order valence-corrected chi connectivity index (χ4v) is 1.98. The van der Waals surface area contributed by atoms with E-state index in [0.29, 0.717) is 32.4 Å². The smallest absolute Gasteiger partial charge is 0.322 e. The first-order valence-corrected chi connectivity index (χ1v) is 7.88. The predicted octanol–water partition coefficient (Wildman–Crippen LogP) is 0.727. The Morgan fingerprint density at radius 3 is 1.75 bits per heavy atom. The van der Waals surface area contributed by atoms with Gasteiger partial charge in [0.25, 0.3) is 6.47 Å². The second kappa shape index (κ2) is 8.43. The fourth-order valence-electron chi connectivity index (χ4n) is 1.98. The highest BCUT2D eigenvalue weighted by molar-refractivity contribution is 6.02. The van der Waals surface area contributed by atoms with Crippen molar-refractivity contribution in [3.63, 3.8) is 0 Å². The van der Waals surface area contributed by atoms with Gasteiger partial charge in [-0.1, -0.05) is 0 Å². The van der Waals surface area contributed by atoms with Gasteiger partial charge in [-0.3, -0.25) is 20.2 Å². The van der Waals surface area contributed by atoms with Gasteiger partial charge in [-0.15, -0.1) is 0 Å². The van der Waals surface area contributed by atoms with E-state index in [0.717, 1.165) is 0 Å². The zero-order valence-electron chi connectivity index (χ0n) is 15.5. The molecule has 0 saturated carbocycles. The number of carbonyl (C=O) groups excluding carboxylic acids is 3. The lowest BCUT2D eigenvalue weighted by Gasteiger charge is -2.37. The van der Waals surface area contributed by atoms with Crippen LogP contribution in [0.3, 0.4) is 0 Å². The maximum atomic E-state index is 12.1. The van der Waals surface area contributed by atoms with Crippen LogP contribution in [0, 0.1) is 5.41 Å². The van der Waals surface area contributed by atoms with Gasteiger partial charge in [0.05, 0.1) is 0 Å². The molecule has 1 aliphatic rings. The Morgan fingerprint density at radius 2 is 1.50 bits per heavy atom. The fraction of sp³-hybridized carbons (Fsp3) is 0.812. The van der Waals surface area contributed by atoms with Gasteiger partial charge in [-0.2, -0.15) is 0 Å². The molecule has 1 amide bonds. The Bertz CT molecular complexity index is 444. The number of esters is 1. The number of piperidine rings is 1. The Labute approximate surface area is 143 Å². The van der Waals surface area contributed by atoms with E-state index in [1.165, 1.54) is 0 Å². The Balaban J connectivity index is 0.000000640. The van der Waals surface area contributed by atoms with Gasteiger partial charge < -0.3 is 15.2 Å². The maximum absolute atomic E-state index is 12.1. The molecule has 8 heteroatoms. The van der Waals surface area contributed by atoms with E-state index in [1.807, 2.05) is 20.8 Å². The van der Waals surface area contributed by atoms with Crippen LogP contribution in [0.2, 0.25) is 0 Å². The summed E-state index contributed by atoms with van der Waals surface area (Å²) in [5, 5.41) is 1.57. The first-order valence-electron chi connectivity index (χ1n) is 7.88.